The molecule has 0 aliphatic carbocycles. The number of anilines is 1. The van der Waals surface area contributed by atoms with Crippen molar-refractivity contribution in [1.82, 2.24) is 15.1 Å². The first-order valence-corrected chi connectivity index (χ1v) is 9.99. The van der Waals surface area contributed by atoms with Gasteiger partial charge in [-0.3, -0.25) is 4.79 Å². The Labute approximate surface area is 169 Å². The SMILES string of the molecule is Cc1ccc([C@@H]2C[C@H](C(F)(F)F)n3nc(C(=O)NCc4cccs4)cc3N2)cc1. The molecule has 2 atom stereocenters. The van der Waals surface area contributed by atoms with E-state index in [4.69, 9.17) is 0 Å². The molecule has 0 fully saturated rings. The van der Waals surface area contributed by atoms with E-state index in [1.54, 1.807) is 0 Å². The number of nitrogens with one attached hydrogen (secondary N) is 2. The Kier molecular flexibility index (Phi) is 5.08. The van der Waals surface area contributed by atoms with Gasteiger partial charge in [-0.25, -0.2) is 4.68 Å². The summed E-state index contributed by atoms with van der Waals surface area (Å²) in [4.78, 5) is 13.4. The number of carbonyl (C=O) groups is 1. The number of fused-ring (bicyclic) bond motifs is 1. The zero-order valence-electron chi connectivity index (χ0n) is 15.5. The van der Waals surface area contributed by atoms with Crippen molar-refractivity contribution in [1.29, 1.82) is 0 Å². The van der Waals surface area contributed by atoms with Crippen molar-refractivity contribution < 1.29 is 18.0 Å². The van der Waals surface area contributed by atoms with Crippen LogP contribution in [0.4, 0.5) is 19.0 Å². The fraction of sp³-hybridized carbons (Fsp3) is 0.300. The van der Waals surface area contributed by atoms with Gasteiger partial charge in [-0.15, -0.1) is 11.3 Å². The number of hydrogen-bond acceptors (Lipinski definition) is 4. The number of carbonyl (C=O) groups excluding carboxylic acids is 1. The Morgan fingerprint density at radius 1 is 1.31 bits per heavy atom. The lowest BCUT2D eigenvalue weighted by Crippen LogP contribution is -2.35. The van der Waals surface area contributed by atoms with Crippen LogP contribution >= 0.6 is 11.3 Å². The zero-order chi connectivity index (χ0) is 20.6. The van der Waals surface area contributed by atoms with Gasteiger partial charge in [0.1, 0.15) is 5.82 Å². The third-order valence-corrected chi connectivity index (χ3v) is 5.78. The Morgan fingerprint density at radius 2 is 2.07 bits per heavy atom. The highest BCUT2D eigenvalue weighted by Crippen LogP contribution is 2.43. The van der Waals surface area contributed by atoms with Crippen molar-refractivity contribution in [3.8, 4) is 0 Å². The molecule has 152 valence electrons. The van der Waals surface area contributed by atoms with Crippen LogP contribution in [0.1, 0.15) is 45.0 Å². The molecule has 0 unspecified atom stereocenters. The first kappa shape index (κ1) is 19.5. The van der Waals surface area contributed by atoms with Gasteiger partial charge >= 0.3 is 6.18 Å². The number of benzene rings is 1. The standard InChI is InChI=1S/C20H19F3N4OS/c1-12-4-6-13(7-5-12)15-9-17(20(21,22)23)27-18(25-15)10-16(26-27)19(28)24-11-14-3-2-8-29-14/h2-8,10,15,17,25H,9,11H2,1H3,(H,24,28)/t15-,17+/m0/s1. The summed E-state index contributed by atoms with van der Waals surface area (Å²) in [5.74, 6) is -0.319. The van der Waals surface area contributed by atoms with Crippen LogP contribution in [0.15, 0.2) is 47.8 Å². The van der Waals surface area contributed by atoms with Crippen LogP contribution in [0.3, 0.4) is 0 Å². The number of alkyl halides is 3. The van der Waals surface area contributed by atoms with Gasteiger partial charge in [0.25, 0.3) is 5.91 Å². The Balaban J connectivity index is 1.59. The normalized spacial score (nSPS) is 18.8. The summed E-state index contributed by atoms with van der Waals surface area (Å²) in [6.07, 6.45) is -4.67. The van der Waals surface area contributed by atoms with E-state index in [1.165, 1.54) is 17.4 Å². The van der Waals surface area contributed by atoms with Crippen LogP contribution in [-0.2, 0) is 6.54 Å². The highest BCUT2D eigenvalue weighted by molar-refractivity contribution is 7.09. The second-order valence-electron chi connectivity index (χ2n) is 7.02. The molecule has 1 aliphatic heterocycles. The molecule has 2 N–H and O–H groups in total. The number of thiophene rings is 1. The summed E-state index contributed by atoms with van der Waals surface area (Å²) in [7, 11) is 0. The summed E-state index contributed by atoms with van der Waals surface area (Å²) in [6.45, 7) is 2.23. The maximum absolute atomic E-state index is 13.7. The van der Waals surface area contributed by atoms with Crippen LogP contribution in [-0.4, -0.2) is 21.9 Å². The monoisotopic (exact) mass is 420 g/mol. The number of nitrogens with zero attached hydrogens (tertiary/aromatic N) is 2. The fourth-order valence-electron chi connectivity index (χ4n) is 3.37. The average molecular weight is 420 g/mol. The zero-order valence-corrected chi connectivity index (χ0v) is 16.3. The first-order chi connectivity index (χ1) is 13.8. The number of halogens is 3. The number of aromatic nitrogens is 2. The van der Waals surface area contributed by atoms with Crippen LogP contribution in [0, 0.1) is 6.92 Å². The summed E-state index contributed by atoms with van der Waals surface area (Å²) in [5.41, 5.74) is 1.76. The molecular formula is C20H19F3N4OS. The van der Waals surface area contributed by atoms with E-state index >= 15 is 0 Å². The van der Waals surface area contributed by atoms with Crippen molar-refractivity contribution in [2.75, 3.05) is 5.32 Å². The molecule has 0 saturated carbocycles. The molecule has 0 spiro atoms. The number of aryl methyl sites for hydroxylation is 1. The molecule has 1 aliphatic rings. The molecular weight excluding hydrogens is 401 g/mol. The third-order valence-electron chi connectivity index (χ3n) is 4.91. The molecule has 0 saturated heterocycles. The number of rotatable bonds is 4. The van der Waals surface area contributed by atoms with E-state index in [-0.39, 0.29) is 17.9 Å². The van der Waals surface area contributed by atoms with Crippen molar-refractivity contribution in [3.63, 3.8) is 0 Å². The van der Waals surface area contributed by atoms with E-state index in [1.807, 2.05) is 48.7 Å². The molecule has 3 heterocycles. The maximum Gasteiger partial charge on any atom is 0.410 e. The number of amides is 1. The molecule has 1 amide bonds. The van der Waals surface area contributed by atoms with Crippen molar-refractivity contribution in [2.24, 2.45) is 0 Å². The van der Waals surface area contributed by atoms with E-state index < -0.39 is 24.2 Å². The van der Waals surface area contributed by atoms with Gasteiger partial charge in [0.15, 0.2) is 11.7 Å². The molecule has 5 nitrogen and oxygen atoms in total. The predicted octanol–water partition coefficient (Wildman–Crippen LogP) is 4.84. The van der Waals surface area contributed by atoms with Gasteiger partial charge in [0.2, 0.25) is 0 Å². The first-order valence-electron chi connectivity index (χ1n) is 9.11. The molecule has 4 rings (SSSR count). The van der Waals surface area contributed by atoms with Crippen LogP contribution < -0.4 is 10.6 Å². The Bertz CT molecular complexity index is 996. The minimum atomic E-state index is -4.48. The summed E-state index contributed by atoms with van der Waals surface area (Å²) in [6, 6.07) is 10.2. The van der Waals surface area contributed by atoms with Crippen molar-refractivity contribution in [3.05, 3.63) is 69.5 Å². The maximum atomic E-state index is 13.7. The lowest BCUT2D eigenvalue weighted by Gasteiger charge is -2.33. The fourth-order valence-corrected chi connectivity index (χ4v) is 4.02. The minimum absolute atomic E-state index is 0.0390. The van der Waals surface area contributed by atoms with E-state index in [2.05, 4.69) is 15.7 Å². The summed E-state index contributed by atoms with van der Waals surface area (Å²) < 4.78 is 42.1. The van der Waals surface area contributed by atoms with Gasteiger partial charge in [-0.2, -0.15) is 18.3 Å². The van der Waals surface area contributed by atoms with E-state index in [0.29, 0.717) is 6.54 Å². The van der Waals surface area contributed by atoms with Gasteiger partial charge in [0.05, 0.1) is 12.6 Å². The van der Waals surface area contributed by atoms with Gasteiger partial charge in [-0.1, -0.05) is 35.9 Å². The third kappa shape index (κ3) is 4.14. The van der Waals surface area contributed by atoms with Crippen LogP contribution in [0.5, 0.6) is 0 Å². The number of hydrogen-bond donors (Lipinski definition) is 2. The summed E-state index contributed by atoms with van der Waals surface area (Å²) >= 11 is 1.49. The molecule has 0 radical (unpaired) electrons. The second-order valence-corrected chi connectivity index (χ2v) is 8.05. The highest BCUT2D eigenvalue weighted by Gasteiger charge is 2.46. The minimum Gasteiger partial charge on any atom is -0.363 e. The molecule has 9 heteroatoms. The van der Waals surface area contributed by atoms with Crippen molar-refractivity contribution in [2.45, 2.75) is 38.1 Å². The van der Waals surface area contributed by atoms with Crippen LogP contribution in [0.25, 0.3) is 0 Å². The molecule has 3 aromatic rings. The molecule has 1 aromatic carbocycles. The van der Waals surface area contributed by atoms with Crippen molar-refractivity contribution >= 4 is 23.1 Å². The lowest BCUT2D eigenvalue weighted by molar-refractivity contribution is -0.173. The van der Waals surface area contributed by atoms with E-state index in [9.17, 15) is 18.0 Å². The quantitative estimate of drug-likeness (QED) is 0.635. The van der Waals surface area contributed by atoms with Crippen LogP contribution in [0.2, 0.25) is 0 Å². The summed E-state index contributed by atoms with van der Waals surface area (Å²) in [5, 5.41) is 11.7. The average Bonchev–Trinajstić information content (AvgIpc) is 3.34. The largest absolute Gasteiger partial charge is 0.410 e. The van der Waals surface area contributed by atoms with Gasteiger partial charge < -0.3 is 10.6 Å². The lowest BCUT2D eigenvalue weighted by atomic mass is 9.96. The van der Waals surface area contributed by atoms with E-state index in [0.717, 1.165) is 20.7 Å². The second kappa shape index (κ2) is 7.55. The Hall–Kier alpha value is -2.81. The topological polar surface area (TPSA) is 59.0 Å². The molecule has 0 bridgehead atoms. The molecule has 2 aromatic heterocycles. The predicted molar refractivity (Wildman–Crippen MR) is 105 cm³/mol. The smallest absolute Gasteiger partial charge is 0.363 e. The Morgan fingerprint density at radius 3 is 2.72 bits per heavy atom. The highest BCUT2D eigenvalue weighted by atomic mass is 32.1. The molecule has 29 heavy (non-hydrogen) atoms. The van der Waals surface area contributed by atoms with Gasteiger partial charge in [-0.05, 0) is 23.9 Å². The van der Waals surface area contributed by atoms with Gasteiger partial charge in [0, 0.05) is 17.4 Å².